The normalized spacial score (nSPS) is 12.2. The average molecular weight is 265 g/mol. The van der Waals surface area contributed by atoms with Gasteiger partial charge < -0.3 is 20.7 Å². The van der Waals surface area contributed by atoms with Crippen molar-refractivity contribution in [3.63, 3.8) is 0 Å². The highest BCUT2D eigenvalue weighted by atomic mass is 16.5. The van der Waals surface area contributed by atoms with Crippen molar-refractivity contribution in [3.05, 3.63) is 24.3 Å². The van der Waals surface area contributed by atoms with Gasteiger partial charge in [0.1, 0.15) is 5.75 Å². The molecule has 1 amide bonds. The van der Waals surface area contributed by atoms with Crippen molar-refractivity contribution >= 4 is 11.6 Å². The van der Waals surface area contributed by atoms with Gasteiger partial charge in [0.05, 0.1) is 0 Å². The molecular weight excluding hydrogens is 242 g/mol. The minimum absolute atomic E-state index is 0.0240. The molecule has 0 aliphatic rings. The maximum Gasteiger partial charge on any atom is 0.258 e. The SMILES string of the molecule is CC(CCN(C)C)NC(=O)COc1ccc(N)cc1. The van der Waals surface area contributed by atoms with E-state index in [1.165, 1.54) is 0 Å². The highest BCUT2D eigenvalue weighted by Crippen LogP contribution is 2.12. The summed E-state index contributed by atoms with van der Waals surface area (Å²) in [5.74, 6) is 0.536. The maximum atomic E-state index is 11.7. The van der Waals surface area contributed by atoms with Gasteiger partial charge in [-0.15, -0.1) is 0 Å². The molecule has 1 unspecified atom stereocenters. The minimum atomic E-state index is -0.108. The molecule has 1 rings (SSSR count). The first-order valence-electron chi connectivity index (χ1n) is 6.40. The van der Waals surface area contributed by atoms with Crippen molar-refractivity contribution in [1.29, 1.82) is 0 Å². The average Bonchev–Trinajstić information content (AvgIpc) is 2.36. The summed E-state index contributed by atoms with van der Waals surface area (Å²) in [6, 6.07) is 7.13. The first-order chi connectivity index (χ1) is 8.97. The zero-order chi connectivity index (χ0) is 14.3. The Hall–Kier alpha value is -1.75. The van der Waals surface area contributed by atoms with E-state index in [4.69, 9.17) is 10.5 Å². The number of ether oxygens (including phenoxy) is 1. The summed E-state index contributed by atoms with van der Waals surface area (Å²) in [7, 11) is 4.03. The number of hydrogen-bond donors (Lipinski definition) is 2. The molecule has 0 saturated heterocycles. The summed E-state index contributed by atoms with van der Waals surface area (Å²) in [5, 5.41) is 2.90. The molecule has 1 atom stereocenters. The molecule has 0 radical (unpaired) electrons. The molecule has 1 aromatic carbocycles. The third-order valence-electron chi connectivity index (χ3n) is 2.67. The van der Waals surface area contributed by atoms with E-state index in [0.717, 1.165) is 13.0 Å². The van der Waals surface area contributed by atoms with Gasteiger partial charge in [0.25, 0.3) is 5.91 Å². The number of amides is 1. The first kappa shape index (κ1) is 15.3. The van der Waals surface area contributed by atoms with Crippen LogP contribution in [0.5, 0.6) is 5.75 Å². The molecule has 0 spiro atoms. The Kier molecular flexibility index (Phi) is 6.15. The van der Waals surface area contributed by atoms with Crippen molar-refractivity contribution in [1.82, 2.24) is 10.2 Å². The van der Waals surface area contributed by atoms with E-state index < -0.39 is 0 Å². The Bertz CT molecular complexity index is 390. The molecule has 0 bridgehead atoms. The molecule has 1 aromatic rings. The molecule has 5 nitrogen and oxygen atoms in total. The van der Waals surface area contributed by atoms with Crippen LogP contribution < -0.4 is 15.8 Å². The zero-order valence-electron chi connectivity index (χ0n) is 11.8. The van der Waals surface area contributed by atoms with Crippen LogP contribution in [0.3, 0.4) is 0 Å². The summed E-state index contributed by atoms with van der Waals surface area (Å²) in [6.45, 7) is 2.96. The van der Waals surface area contributed by atoms with Gasteiger partial charge in [-0.2, -0.15) is 0 Å². The number of nitrogen functional groups attached to an aromatic ring is 1. The Labute approximate surface area is 114 Å². The van der Waals surface area contributed by atoms with Crippen LogP contribution in [0.2, 0.25) is 0 Å². The number of nitrogens with one attached hydrogen (secondary N) is 1. The van der Waals surface area contributed by atoms with E-state index >= 15 is 0 Å². The lowest BCUT2D eigenvalue weighted by atomic mass is 10.2. The number of rotatable bonds is 7. The Morgan fingerprint density at radius 2 is 2.00 bits per heavy atom. The molecule has 0 saturated carbocycles. The van der Waals surface area contributed by atoms with Crippen molar-refractivity contribution < 1.29 is 9.53 Å². The van der Waals surface area contributed by atoms with Gasteiger partial charge in [-0.25, -0.2) is 0 Å². The van der Waals surface area contributed by atoms with Gasteiger partial charge in [-0.05, 0) is 58.3 Å². The lowest BCUT2D eigenvalue weighted by molar-refractivity contribution is -0.123. The van der Waals surface area contributed by atoms with E-state index in [1.807, 2.05) is 21.0 Å². The van der Waals surface area contributed by atoms with Gasteiger partial charge in [-0.3, -0.25) is 4.79 Å². The third-order valence-corrected chi connectivity index (χ3v) is 2.67. The molecule has 0 aliphatic carbocycles. The topological polar surface area (TPSA) is 67.6 Å². The monoisotopic (exact) mass is 265 g/mol. The second-order valence-electron chi connectivity index (χ2n) is 4.92. The molecule has 3 N–H and O–H groups in total. The third kappa shape index (κ3) is 6.67. The molecule has 0 aliphatic heterocycles. The van der Waals surface area contributed by atoms with Crippen molar-refractivity contribution in [2.45, 2.75) is 19.4 Å². The summed E-state index contributed by atoms with van der Waals surface area (Å²) in [5.41, 5.74) is 6.24. The largest absolute Gasteiger partial charge is 0.484 e. The van der Waals surface area contributed by atoms with Crippen LogP contribution in [0, 0.1) is 0 Å². The quantitative estimate of drug-likeness (QED) is 0.725. The number of anilines is 1. The Morgan fingerprint density at radius 3 is 2.58 bits per heavy atom. The predicted molar refractivity (Wildman–Crippen MR) is 77.1 cm³/mol. The van der Waals surface area contributed by atoms with Crippen molar-refractivity contribution in [2.75, 3.05) is 33.0 Å². The second-order valence-corrected chi connectivity index (χ2v) is 4.92. The van der Waals surface area contributed by atoms with E-state index in [1.54, 1.807) is 24.3 Å². The molecule has 0 heterocycles. The number of nitrogens with zero attached hydrogens (tertiary/aromatic N) is 1. The fourth-order valence-electron chi connectivity index (χ4n) is 1.55. The fourth-order valence-corrected chi connectivity index (χ4v) is 1.55. The van der Waals surface area contributed by atoms with Gasteiger partial charge >= 0.3 is 0 Å². The smallest absolute Gasteiger partial charge is 0.258 e. The molecular formula is C14H23N3O2. The van der Waals surface area contributed by atoms with Gasteiger partial charge in [0.2, 0.25) is 0 Å². The van der Waals surface area contributed by atoms with Crippen LogP contribution in [-0.4, -0.2) is 44.1 Å². The van der Waals surface area contributed by atoms with Crippen LogP contribution in [0.4, 0.5) is 5.69 Å². The fraction of sp³-hybridized carbons (Fsp3) is 0.500. The van der Waals surface area contributed by atoms with Gasteiger partial charge in [0, 0.05) is 11.7 Å². The van der Waals surface area contributed by atoms with Crippen LogP contribution in [0.1, 0.15) is 13.3 Å². The predicted octanol–water partition coefficient (Wildman–Crippen LogP) is 1.10. The van der Waals surface area contributed by atoms with Crippen LogP contribution in [-0.2, 0) is 4.79 Å². The van der Waals surface area contributed by atoms with Crippen LogP contribution in [0.25, 0.3) is 0 Å². The minimum Gasteiger partial charge on any atom is -0.484 e. The van der Waals surface area contributed by atoms with Crippen molar-refractivity contribution in [2.24, 2.45) is 0 Å². The number of benzene rings is 1. The zero-order valence-corrected chi connectivity index (χ0v) is 11.8. The Balaban J connectivity index is 2.25. The maximum absolute atomic E-state index is 11.7. The molecule has 19 heavy (non-hydrogen) atoms. The number of carbonyl (C=O) groups excluding carboxylic acids is 1. The first-order valence-corrected chi connectivity index (χ1v) is 6.40. The summed E-state index contributed by atoms with van der Waals surface area (Å²) < 4.78 is 5.37. The van der Waals surface area contributed by atoms with E-state index in [-0.39, 0.29) is 18.6 Å². The molecule has 106 valence electrons. The van der Waals surface area contributed by atoms with Gasteiger partial charge in [0.15, 0.2) is 6.61 Å². The molecule has 0 fully saturated rings. The second kappa shape index (κ2) is 7.63. The summed E-state index contributed by atoms with van der Waals surface area (Å²) in [6.07, 6.45) is 0.917. The molecule has 5 heteroatoms. The standard InChI is InChI=1S/C14H23N3O2/c1-11(8-9-17(2)3)16-14(18)10-19-13-6-4-12(15)5-7-13/h4-7,11H,8-10,15H2,1-3H3,(H,16,18). The van der Waals surface area contributed by atoms with E-state index in [0.29, 0.717) is 11.4 Å². The Morgan fingerprint density at radius 1 is 1.37 bits per heavy atom. The number of carbonyl (C=O) groups is 1. The van der Waals surface area contributed by atoms with Crippen molar-refractivity contribution in [3.8, 4) is 5.75 Å². The number of hydrogen-bond acceptors (Lipinski definition) is 4. The highest BCUT2D eigenvalue weighted by Gasteiger charge is 2.08. The van der Waals surface area contributed by atoms with Crippen LogP contribution in [0.15, 0.2) is 24.3 Å². The number of nitrogens with two attached hydrogens (primary N) is 1. The van der Waals surface area contributed by atoms with E-state index in [2.05, 4.69) is 10.2 Å². The summed E-state index contributed by atoms with van der Waals surface area (Å²) in [4.78, 5) is 13.8. The van der Waals surface area contributed by atoms with Gasteiger partial charge in [-0.1, -0.05) is 0 Å². The molecule has 0 aromatic heterocycles. The summed E-state index contributed by atoms with van der Waals surface area (Å²) >= 11 is 0. The van der Waals surface area contributed by atoms with E-state index in [9.17, 15) is 4.79 Å². The lowest BCUT2D eigenvalue weighted by Crippen LogP contribution is -2.37. The lowest BCUT2D eigenvalue weighted by Gasteiger charge is -2.16. The van der Waals surface area contributed by atoms with Crippen LogP contribution >= 0.6 is 0 Å². The highest BCUT2D eigenvalue weighted by molar-refractivity contribution is 5.77.